The second-order valence-electron chi connectivity index (χ2n) is 7.36. The Kier molecular flexibility index (Phi) is 3.35. The zero-order chi connectivity index (χ0) is 20.2. The van der Waals surface area contributed by atoms with Crippen molar-refractivity contribution in [3.63, 3.8) is 0 Å². The quantitative estimate of drug-likeness (QED) is 0.367. The summed E-state index contributed by atoms with van der Waals surface area (Å²) < 4.78 is 5.47. The van der Waals surface area contributed by atoms with E-state index in [2.05, 4.69) is 59.6 Å². The summed E-state index contributed by atoms with van der Waals surface area (Å²) in [5.74, 6) is 0.551. The number of benzene rings is 4. The van der Waals surface area contributed by atoms with Gasteiger partial charge < -0.3 is 9.40 Å². The summed E-state index contributed by atoms with van der Waals surface area (Å²) in [4.78, 5) is 15.5. The molecule has 30 heavy (non-hydrogen) atoms. The number of furan rings is 1. The number of hydrogen-bond donors (Lipinski definition) is 1. The highest BCUT2D eigenvalue weighted by molar-refractivity contribution is 6.25. The molecule has 4 nitrogen and oxygen atoms in total. The second kappa shape index (κ2) is 6.07. The van der Waals surface area contributed by atoms with Crippen molar-refractivity contribution in [1.29, 1.82) is 5.26 Å². The molecule has 0 aliphatic rings. The van der Waals surface area contributed by atoms with Crippen molar-refractivity contribution in [2.75, 3.05) is 0 Å². The summed E-state index contributed by atoms with van der Waals surface area (Å²) >= 11 is 0. The molecule has 0 aliphatic carbocycles. The topological polar surface area (TPSA) is 69.8 Å². The Morgan fingerprint density at radius 2 is 1.53 bits per heavy atom. The first kappa shape index (κ1) is 16.6. The van der Waals surface area contributed by atoms with Gasteiger partial charge in [-0.25, -0.2) is 0 Å². The Morgan fingerprint density at radius 1 is 0.800 bits per heavy atom. The van der Waals surface area contributed by atoms with Gasteiger partial charge in [0, 0.05) is 5.56 Å². The Bertz CT molecular complexity index is 1650. The highest BCUT2D eigenvalue weighted by atomic mass is 16.3. The molecule has 6 aromatic rings. The van der Waals surface area contributed by atoms with Crippen LogP contribution < -0.4 is 5.56 Å². The number of nitriles is 1. The summed E-state index contributed by atoms with van der Waals surface area (Å²) in [5, 5.41) is 16.6. The van der Waals surface area contributed by atoms with Gasteiger partial charge in [0.2, 0.25) is 0 Å². The van der Waals surface area contributed by atoms with E-state index < -0.39 is 5.56 Å². The molecule has 0 atom stereocenters. The first-order valence-electron chi connectivity index (χ1n) is 9.63. The van der Waals surface area contributed by atoms with Gasteiger partial charge in [0.1, 0.15) is 17.4 Å². The van der Waals surface area contributed by atoms with E-state index in [1.807, 2.05) is 12.1 Å². The molecule has 0 radical (unpaired) electrons. The highest BCUT2D eigenvalue weighted by Crippen LogP contribution is 2.40. The van der Waals surface area contributed by atoms with Crippen molar-refractivity contribution in [3.05, 3.63) is 95.0 Å². The van der Waals surface area contributed by atoms with E-state index >= 15 is 0 Å². The minimum Gasteiger partial charge on any atom is -0.463 e. The van der Waals surface area contributed by atoms with Crippen LogP contribution in [-0.2, 0) is 0 Å². The van der Waals surface area contributed by atoms with Gasteiger partial charge in [0.15, 0.2) is 0 Å². The highest BCUT2D eigenvalue weighted by Gasteiger charge is 2.17. The third-order valence-corrected chi connectivity index (χ3v) is 5.75. The molecule has 4 aromatic carbocycles. The van der Waals surface area contributed by atoms with Crippen molar-refractivity contribution in [1.82, 2.24) is 4.98 Å². The summed E-state index contributed by atoms with van der Waals surface area (Å²) in [6.45, 7) is 0. The van der Waals surface area contributed by atoms with Gasteiger partial charge in [-0.1, -0.05) is 54.6 Å². The minimum absolute atomic E-state index is 0.0975. The maximum atomic E-state index is 12.7. The van der Waals surface area contributed by atoms with Gasteiger partial charge in [-0.05, 0) is 56.1 Å². The Hall–Kier alpha value is -4.36. The maximum Gasteiger partial charge on any atom is 0.267 e. The van der Waals surface area contributed by atoms with Gasteiger partial charge in [-0.3, -0.25) is 4.79 Å². The van der Waals surface area contributed by atoms with E-state index in [0.29, 0.717) is 17.0 Å². The number of aromatic nitrogens is 1. The SMILES string of the molecule is N#Cc1c(-c2ccc3ccc4cccc5ccc2c3c45)cc(-c2ccco2)[nH]c1=O. The largest absolute Gasteiger partial charge is 0.463 e. The number of pyridine rings is 1. The fraction of sp³-hybridized carbons (Fsp3) is 0. The van der Waals surface area contributed by atoms with Gasteiger partial charge in [-0.15, -0.1) is 0 Å². The van der Waals surface area contributed by atoms with Crippen LogP contribution in [0.5, 0.6) is 0 Å². The van der Waals surface area contributed by atoms with Gasteiger partial charge >= 0.3 is 0 Å². The molecule has 2 heterocycles. The summed E-state index contributed by atoms with van der Waals surface area (Å²) in [6, 6.07) is 26.2. The van der Waals surface area contributed by atoms with E-state index in [4.69, 9.17) is 4.42 Å². The number of aromatic amines is 1. The lowest BCUT2D eigenvalue weighted by Crippen LogP contribution is -2.12. The standard InChI is InChI=1S/C26H14N2O2/c27-14-21-20(13-22(28-26(21)29)23-5-2-12-30-23)18-10-8-17-7-6-15-3-1-4-16-9-11-19(18)25(17)24(15)16/h1-13H,(H,28,29). The molecule has 0 saturated carbocycles. The van der Waals surface area contributed by atoms with Crippen molar-refractivity contribution >= 4 is 32.3 Å². The predicted molar refractivity (Wildman–Crippen MR) is 119 cm³/mol. The van der Waals surface area contributed by atoms with Crippen LogP contribution in [0.1, 0.15) is 5.56 Å². The second-order valence-corrected chi connectivity index (χ2v) is 7.36. The van der Waals surface area contributed by atoms with Crippen molar-refractivity contribution in [2.24, 2.45) is 0 Å². The molecule has 0 spiro atoms. The van der Waals surface area contributed by atoms with E-state index in [1.165, 1.54) is 16.2 Å². The zero-order valence-corrected chi connectivity index (χ0v) is 15.8. The molecular weight excluding hydrogens is 372 g/mol. The zero-order valence-electron chi connectivity index (χ0n) is 15.8. The van der Waals surface area contributed by atoms with Crippen LogP contribution in [0, 0.1) is 11.3 Å². The molecule has 0 saturated heterocycles. The van der Waals surface area contributed by atoms with Crippen LogP contribution in [0.25, 0.3) is 54.9 Å². The first-order valence-corrected chi connectivity index (χ1v) is 9.63. The van der Waals surface area contributed by atoms with E-state index in [9.17, 15) is 10.1 Å². The van der Waals surface area contributed by atoms with Crippen LogP contribution in [0.15, 0.2) is 88.3 Å². The Morgan fingerprint density at radius 3 is 2.27 bits per heavy atom. The normalized spacial score (nSPS) is 11.4. The van der Waals surface area contributed by atoms with Crippen molar-refractivity contribution in [3.8, 4) is 28.7 Å². The molecule has 0 aliphatic heterocycles. The molecule has 6 rings (SSSR count). The molecule has 0 unspecified atom stereocenters. The molecule has 2 aromatic heterocycles. The smallest absolute Gasteiger partial charge is 0.267 e. The summed E-state index contributed by atoms with van der Waals surface area (Å²) in [6.07, 6.45) is 1.56. The molecular formula is C26H14N2O2. The van der Waals surface area contributed by atoms with E-state index in [-0.39, 0.29) is 5.56 Å². The summed E-state index contributed by atoms with van der Waals surface area (Å²) in [7, 11) is 0. The van der Waals surface area contributed by atoms with E-state index in [1.54, 1.807) is 18.4 Å². The molecule has 0 bridgehead atoms. The fourth-order valence-electron chi connectivity index (χ4n) is 4.42. The maximum absolute atomic E-state index is 12.7. The first-order chi connectivity index (χ1) is 14.7. The number of rotatable bonds is 2. The average molecular weight is 386 g/mol. The average Bonchev–Trinajstić information content (AvgIpc) is 3.32. The molecule has 4 heteroatoms. The van der Waals surface area contributed by atoms with Crippen molar-refractivity contribution < 1.29 is 4.42 Å². The lowest BCUT2D eigenvalue weighted by Gasteiger charge is -2.15. The number of hydrogen-bond acceptors (Lipinski definition) is 3. The molecule has 0 amide bonds. The van der Waals surface area contributed by atoms with Gasteiger partial charge in [-0.2, -0.15) is 5.26 Å². The lowest BCUT2D eigenvalue weighted by molar-refractivity contribution is 0.580. The Labute approximate surface area is 171 Å². The third-order valence-electron chi connectivity index (χ3n) is 5.75. The summed E-state index contributed by atoms with van der Waals surface area (Å²) in [5.41, 5.74) is 1.68. The van der Waals surface area contributed by atoms with Gasteiger partial charge in [0.25, 0.3) is 5.56 Å². The predicted octanol–water partition coefficient (Wildman–Crippen LogP) is 6.07. The van der Waals surface area contributed by atoms with Gasteiger partial charge in [0.05, 0.1) is 12.0 Å². The fourth-order valence-corrected chi connectivity index (χ4v) is 4.42. The molecule has 140 valence electrons. The van der Waals surface area contributed by atoms with Crippen LogP contribution in [-0.4, -0.2) is 4.98 Å². The van der Waals surface area contributed by atoms with Crippen LogP contribution >= 0.6 is 0 Å². The van der Waals surface area contributed by atoms with Crippen LogP contribution in [0.3, 0.4) is 0 Å². The minimum atomic E-state index is -0.424. The monoisotopic (exact) mass is 386 g/mol. The third kappa shape index (κ3) is 2.23. The number of H-pyrrole nitrogens is 1. The van der Waals surface area contributed by atoms with Crippen LogP contribution in [0.4, 0.5) is 0 Å². The number of nitrogens with zero attached hydrogens (tertiary/aromatic N) is 1. The lowest BCUT2D eigenvalue weighted by atomic mass is 9.89. The number of nitrogens with one attached hydrogen (secondary N) is 1. The molecule has 1 N–H and O–H groups in total. The van der Waals surface area contributed by atoms with Crippen molar-refractivity contribution in [2.45, 2.75) is 0 Å². The Balaban J connectivity index is 1.75. The van der Waals surface area contributed by atoms with E-state index in [0.717, 1.165) is 21.7 Å². The van der Waals surface area contributed by atoms with Crippen LogP contribution in [0.2, 0.25) is 0 Å². The molecule has 0 fully saturated rings.